The first-order valence-corrected chi connectivity index (χ1v) is 5.44. The maximum Gasteiger partial charge on any atom is 0.340 e. The summed E-state index contributed by atoms with van der Waals surface area (Å²) in [6, 6.07) is 9.84. The molecule has 0 aliphatic carbocycles. The molecule has 17 heavy (non-hydrogen) atoms. The van der Waals surface area contributed by atoms with Gasteiger partial charge in [-0.05, 0) is 18.1 Å². The van der Waals surface area contributed by atoms with Gasteiger partial charge in [0, 0.05) is 13.2 Å². The molecule has 1 aromatic heterocycles. The van der Waals surface area contributed by atoms with Gasteiger partial charge >= 0.3 is 5.97 Å². The second kappa shape index (κ2) is 4.45. The van der Waals surface area contributed by atoms with E-state index in [1.165, 1.54) is 7.11 Å². The highest BCUT2D eigenvalue weighted by molar-refractivity contribution is 5.98. The van der Waals surface area contributed by atoms with Crippen LogP contribution in [-0.2, 0) is 11.8 Å². The Labute approximate surface area is 101 Å². The van der Waals surface area contributed by atoms with Crippen molar-refractivity contribution in [2.75, 3.05) is 7.11 Å². The second-order valence-corrected chi connectivity index (χ2v) is 4.00. The Morgan fingerprint density at radius 2 is 1.88 bits per heavy atom. The van der Waals surface area contributed by atoms with Crippen molar-refractivity contribution in [1.82, 2.24) is 4.57 Å². The zero-order chi connectivity index (χ0) is 12.4. The van der Waals surface area contributed by atoms with Gasteiger partial charge in [0.15, 0.2) is 0 Å². The smallest absolute Gasteiger partial charge is 0.340 e. The highest BCUT2D eigenvalue weighted by Gasteiger charge is 2.19. The van der Waals surface area contributed by atoms with Gasteiger partial charge in [-0.25, -0.2) is 4.79 Å². The third kappa shape index (κ3) is 1.96. The van der Waals surface area contributed by atoms with Crippen LogP contribution in [0.4, 0.5) is 0 Å². The molecule has 0 aliphatic rings. The molecule has 2 rings (SSSR count). The van der Waals surface area contributed by atoms with Gasteiger partial charge in [0.25, 0.3) is 0 Å². The summed E-state index contributed by atoms with van der Waals surface area (Å²) in [4.78, 5) is 11.8. The summed E-state index contributed by atoms with van der Waals surface area (Å²) in [5.74, 6) is -0.290. The molecule has 0 amide bonds. The summed E-state index contributed by atoms with van der Waals surface area (Å²) >= 11 is 0. The summed E-state index contributed by atoms with van der Waals surface area (Å²) in [7, 11) is 3.34. The van der Waals surface area contributed by atoms with Crippen molar-refractivity contribution >= 4 is 5.97 Å². The fourth-order valence-corrected chi connectivity index (χ4v) is 2.09. The van der Waals surface area contributed by atoms with Crippen molar-refractivity contribution in [3.05, 3.63) is 47.7 Å². The summed E-state index contributed by atoms with van der Waals surface area (Å²) in [5, 5.41) is 0. The van der Waals surface area contributed by atoms with E-state index in [9.17, 15) is 4.79 Å². The number of aromatic nitrogens is 1. The molecule has 0 aliphatic heterocycles. The Morgan fingerprint density at radius 1 is 1.24 bits per heavy atom. The molecule has 0 radical (unpaired) electrons. The van der Waals surface area contributed by atoms with Crippen LogP contribution >= 0.6 is 0 Å². The lowest BCUT2D eigenvalue weighted by molar-refractivity contribution is 0.0601. The van der Waals surface area contributed by atoms with Gasteiger partial charge in [-0.3, -0.25) is 0 Å². The molecule has 3 heteroatoms. The Hall–Kier alpha value is -2.03. The molecule has 3 nitrogen and oxygen atoms in total. The number of esters is 1. The van der Waals surface area contributed by atoms with Crippen molar-refractivity contribution in [3.63, 3.8) is 0 Å². The molecule has 0 bridgehead atoms. The minimum atomic E-state index is -0.290. The van der Waals surface area contributed by atoms with Gasteiger partial charge in [-0.15, -0.1) is 0 Å². The fourth-order valence-electron chi connectivity index (χ4n) is 2.09. The molecule has 88 valence electrons. The van der Waals surface area contributed by atoms with E-state index in [1.54, 1.807) is 0 Å². The standard InChI is InChI=1S/C14H15NO2/c1-10-9-15(2)13(12(10)14(16)17-3)11-7-5-4-6-8-11/h4-9H,1-3H3. The number of methoxy groups -OCH3 is 1. The Kier molecular flexibility index (Phi) is 3.00. The molecule has 0 saturated heterocycles. The van der Waals surface area contributed by atoms with Crippen LogP contribution in [0, 0.1) is 6.92 Å². The molecule has 2 aromatic rings. The lowest BCUT2D eigenvalue weighted by atomic mass is 10.1. The normalized spacial score (nSPS) is 10.3. The molecule has 0 spiro atoms. The zero-order valence-electron chi connectivity index (χ0n) is 10.2. The Bertz CT molecular complexity index is 541. The van der Waals surface area contributed by atoms with E-state index in [0.717, 1.165) is 16.8 Å². The third-order valence-corrected chi connectivity index (χ3v) is 2.81. The van der Waals surface area contributed by atoms with Crippen molar-refractivity contribution < 1.29 is 9.53 Å². The highest BCUT2D eigenvalue weighted by Crippen LogP contribution is 2.27. The van der Waals surface area contributed by atoms with Crippen molar-refractivity contribution in [2.45, 2.75) is 6.92 Å². The minimum Gasteiger partial charge on any atom is -0.465 e. The summed E-state index contributed by atoms with van der Waals surface area (Å²) in [6.45, 7) is 1.92. The van der Waals surface area contributed by atoms with Crippen LogP contribution in [-0.4, -0.2) is 17.6 Å². The lowest BCUT2D eigenvalue weighted by Gasteiger charge is -2.07. The van der Waals surface area contributed by atoms with Crippen molar-refractivity contribution in [2.24, 2.45) is 7.05 Å². The van der Waals surface area contributed by atoms with Crippen LogP contribution in [0.3, 0.4) is 0 Å². The SMILES string of the molecule is COC(=O)c1c(C)cn(C)c1-c1ccccc1. The lowest BCUT2D eigenvalue weighted by Crippen LogP contribution is -2.04. The molecule has 1 heterocycles. The largest absolute Gasteiger partial charge is 0.465 e. The molecular formula is C14H15NO2. The van der Waals surface area contributed by atoms with E-state index in [2.05, 4.69) is 0 Å². The first kappa shape index (κ1) is 11.5. The van der Waals surface area contributed by atoms with Crippen LogP contribution in [0.5, 0.6) is 0 Å². The van der Waals surface area contributed by atoms with Gasteiger partial charge in [0.2, 0.25) is 0 Å². The third-order valence-electron chi connectivity index (χ3n) is 2.81. The van der Waals surface area contributed by atoms with E-state index in [0.29, 0.717) is 5.56 Å². The first-order chi connectivity index (χ1) is 8.15. The second-order valence-electron chi connectivity index (χ2n) is 4.00. The minimum absolute atomic E-state index is 0.290. The first-order valence-electron chi connectivity index (χ1n) is 5.44. The Morgan fingerprint density at radius 3 is 2.47 bits per heavy atom. The number of hydrogen-bond acceptors (Lipinski definition) is 2. The van der Waals surface area contributed by atoms with Crippen LogP contribution in [0.2, 0.25) is 0 Å². The molecule has 0 N–H and O–H groups in total. The summed E-state index contributed by atoms with van der Waals surface area (Å²) in [6.07, 6.45) is 1.94. The number of carbonyl (C=O) groups is 1. The van der Waals surface area contributed by atoms with E-state index in [1.807, 2.05) is 55.1 Å². The van der Waals surface area contributed by atoms with Crippen LogP contribution < -0.4 is 0 Å². The van der Waals surface area contributed by atoms with Gasteiger partial charge in [0.05, 0.1) is 18.4 Å². The average Bonchev–Trinajstić information content (AvgIpc) is 2.64. The van der Waals surface area contributed by atoms with E-state index in [-0.39, 0.29) is 5.97 Å². The number of ether oxygens (including phenoxy) is 1. The summed E-state index contributed by atoms with van der Waals surface area (Å²) < 4.78 is 6.80. The number of carbonyl (C=O) groups excluding carboxylic acids is 1. The molecule has 0 atom stereocenters. The number of aryl methyl sites for hydroxylation is 2. The Balaban J connectivity index is 2.65. The zero-order valence-corrected chi connectivity index (χ0v) is 10.2. The van der Waals surface area contributed by atoms with Crippen LogP contribution in [0.1, 0.15) is 15.9 Å². The predicted octanol–water partition coefficient (Wildman–Crippen LogP) is 2.79. The topological polar surface area (TPSA) is 31.2 Å². The van der Waals surface area contributed by atoms with Crippen molar-refractivity contribution in [3.8, 4) is 11.3 Å². The monoisotopic (exact) mass is 229 g/mol. The number of benzene rings is 1. The molecule has 0 fully saturated rings. The quantitative estimate of drug-likeness (QED) is 0.741. The van der Waals surface area contributed by atoms with Crippen molar-refractivity contribution in [1.29, 1.82) is 0 Å². The van der Waals surface area contributed by atoms with Gasteiger partial charge < -0.3 is 9.30 Å². The van der Waals surface area contributed by atoms with E-state index >= 15 is 0 Å². The maximum atomic E-state index is 11.8. The number of hydrogen-bond donors (Lipinski definition) is 0. The molecule has 1 aromatic carbocycles. The van der Waals surface area contributed by atoms with Crippen LogP contribution in [0.15, 0.2) is 36.5 Å². The van der Waals surface area contributed by atoms with Gasteiger partial charge in [-0.2, -0.15) is 0 Å². The maximum absolute atomic E-state index is 11.8. The molecule has 0 saturated carbocycles. The average molecular weight is 229 g/mol. The van der Waals surface area contributed by atoms with Gasteiger partial charge in [0.1, 0.15) is 0 Å². The number of nitrogens with zero attached hydrogens (tertiary/aromatic N) is 1. The molecular weight excluding hydrogens is 214 g/mol. The predicted molar refractivity (Wildman–Crippen MR) is 66.9 cm³/mol. The van der Waals surface area contributed by atoms with Gasteiger partial charge in [-0.1, -0.05) is 30.3 Å². The highest BCUT2D eigenvalue weighted by atomic mass is 16.5. The van der Waals surface area contributed by atoms with Crippen LogP contribution in [0.25, 0.3) is 11.3 Å². The summed E-state index contributed by atoms with van der Waals surface area (Å²) in [5.41, 5.74) is 3.48. The fraction of sp³-hybridized carbons (Fsp3) is 0.214. The van der Waals surface area contributed by atoms with E-state index in [4.69, 9.17) is 4.74 Å². The number of rotatable bonds is 2. The molecule has 0 unspecified atom stereocenters. The van der Waals surface area contributed by atoms with E-state index < -0.39 is 0 Å².